The second-order valence-corrected chi connectivity index (χ2v) is 19.8. The topological polar surface area (TPSA) is 137 Å². The molecular weight excluding hydrogens is 847 g/mol. The van der Waals surface area contributed by atoms with Crippen LogP contribution in [0.3, 0.4) is 0 Å². The van der Waals surface area contributed by atoms with Crippen LogP contribution in [0.25, 0.3) is 0 Å². The fraction of sp³-hybridized carbons (Fsp3) is 0.500. The van der Waals surface area contributed by atoms with Gasteiger partial charge in [-0.3, -0.25) is 4.79 Å². The summed E-state index contributed by atoms with van der Waals surface area (Å²) >= 11 is 13.9. The number of unbranched alkanes of at least 4 members (excludes halogenated alkanes) is 1. The SMILES string of the molecule is O=C(O)C(Cc1ccc(F)cc1)NS(=O)(=O)c1cnc(N2CCC(CCCCC3CCN(S(=O)(=O)c4cc(Br)c(Cl)s4)CC3)CC2)c(Br)c1. The molecule has 5 rings (SSSR count). The van der Waals surface area contributed by atoms with E-state index in [2.05, 4.69) is 46.5 Å². The molecular formula is C32H38Br2ClFN4O6S3. The van der Waals surface area contributed by atoms with Gasteiger partial charge in [-0.15, -0.1) is 11.3 Å². The van der Waals surface area contributed by atoms with E-state index in [1.54, 1.807) is 10.4 Å². The molecule has 2 aliphatic heterocycles. The molecule has 2 aliphatic rings. The van der Waals surface area contributed by atoms with E-state index in [0.717, 1.165) is 75.8 Å². The Morgan fingerprint density at radius 3 is 2.10 bits per heavy atom. The first kappa shape index (κ1) is 38.6. The van der Waals surface area contributed by atoms with Crippen LogP contribution in [0.4, 0.5) is 10.2 Å². The van der Waals surface area contributed by atoms with E-state index < -0.39 is 37.9 Å². The lowest BCUT2D eigenvalue weighted by Gasteiger charge is -2.33. The number of benzene rings is 1. The minimum atomic E-state index is -4.20. The van der Waals surface area contributed by atoms with Crippen molar-refractivity contribution in [1.82, 2.24) is 14.0 Å². The van der Waals surface area contributed by atoms with E-state index in [4.69, 9.17) is 11.6 Å². The Morgan fingerprint density at radius 1 is 0.980 bits per heavy atom. The number of hydrogen-bond acceptors (Lipinski definition) is 8. The van der Waals surface area contributed by atoms with Gasteiger partial charge in [0.25, 0.3) is 10.0 Å². The zero-order valence-electron chi connectivity index (χ0n) is 26.5. The number of carbonyl (C=O) groups is 1. The number of hydrogen-bond donors (Lipinski definition) is 2. The van der Waals surface area contributed by atoms with Crippen molar-refractivity contribution >= 4 is 86.6 Å². The third kappa shape index (κ3) is 10.0. The number of nitrogens with zero attached hydrogens (tertiary/aromatic N) is 3. The van der Waals surface area contributed by atoms with Gasteiger partial charge in [-0.1, -0.05) is 49.4 Å². The highest BCUT2D eigenvalue weighted by atomic mass is 79.9. The maximum Gasteiger partial charge on any atom is 0.322 e. The minimum Gasteiger partial charge on any atom is -0.480 e. The predicted octanol–water partition coefficient (Wildman–Crippen LogP) is 7.31. The fourth-order valence-corrected chi connectivity index (χ4v) is 12.2. The fourth-order valence-electron chi connectivity index (χ4n) is 6.40. The second-order valence-electron chi connectivity index (χ2n) is 12.6. The second kappa shape index (κ2) is 16.8. The standard InChI is InChI=1S/C32H38Br2ClFN4O6S3/c33-26-19-29(47-30(26)35)49(45,46)40-15-11-22(12-16-40)4-2-1-3-21-9-13-39(14-10-21)31-27(34)18-25(20-37-31)48(43,44)38-28(32(41)42)17-23-5-7-24(36)8-6-23/h5-8,18-22,28,38H,1-4,9-17H2,(H,41,42). The van der Waals surface area contributed by atoms with E-state index in [9.17, 15) is 31.1 Å². The number of piperidine rings is 2. The van der Waals surface area contributed by atoms with Crippen molar-refractivity contribution in [2.45, 2.75) is 72.9 Å². The van der Waals surface area contributed by atoms with Crippen molar-refractivity contribution in [2.75, 3.05) is 31.1 Å². The largest absolute Gasteiger partial charge is 0.480 e. The molecule has 4 heterocycles. The molecule has 2 aromatic heterocycles. The Morgan fingerprint density at radius 2 is 1.57 bits per heavy atom. The number of carboxylic acid groups (broad SMARTS) is 1. The Balaban J connectivity index is 1.04. The van der Waals surface area contributed by atoms with Gasteiger partial charge in [0, 0.05) is 36.8 Å². The molecule has 10 nitrogen and oxygen atoms in total. The molecule has 1 unspecified atom stereocenters. The zero-order chi connectivity index (χ0) is 35.3. The molecule has 17 heteroatoms. The Hall–Kier alpha value is -1.66. The smallest absolute Gasteiger partial charge is 0.322 e. The van der Waals surface area contributed by atoms with Gasteiger partial charge in [0.1, 0.15) is 31.1 Å². The first-order valence-corrected chi connectivity index (χ1v) is 21.8. The van der Waals surface area contributed by atoms with Crippen LogP contribution in [0.1, 0.15) is 56.9 Å². The maximum absolute atomic E-state index is 13.2. The highest BCUT2D eigenvalue weighted by Gasteiger charge is 2.32. The Bertz CT molecular complexity index is 1810. The average Bonchev–Trinajstić information content (AvgIpc) is 3.42. The number of halogens is 4. The van der Waals surface area contributed by atoms with Crippen LogP contribution < -0.4 is 9.62 Å². The lowest BCUT2D eigenvalue weighted by molar-refractivity contribution is -0.138. The minimum absolute atomic E-state index is 0.145. The summed E-state index contributed by atoms with van der Waals surface area (Å²) in [5.74, 6) is -0.0481. The molecule has 2 N–H and O–H groups in total. The maximum atomic E-state index is 13.2. The van der Waals surface area contributed by atoms with Gasteiger partial charge in [-0.05, 0) is 106 Å². The zero-order valence-corrected chi connectivity index (χ0v) is 32.9. The van der Waals surface area contributed by atoms with Crippen molar-refractivity contribution in [3.05, 3.63) is 67.3 Å². The molecule has 49 heavy (non-hydrogen) atoms. The number of nitrogens with one attached hydrogen (secondary N) is 1. The third-order valence-corrected chi connectivity index (χ3v) is 16.1. The molecule has 1 aromatic carbocycles. The van der Waals surface area contributed by atoms with Crippen LogP contribution in [0.5, 0.6) is 0 Å². The normalized spacial score (nSPS) is 17.8. The summed E-state index contributed by atoms with van der Waals surface area (Å²) in [5, 5.41) is 9.63. The third-order valence-electron chi connectivity index (χ3n) is 9.23. The van der Waals surface area contributed by atoms with Crippen LogP contribution in [0.15, 0.2) is 60.6 Å². The number of anilines is 1. The first-order valence-electron chi connectivity index (χ1n) is 16.1. The quantitative estimate of drug-likeness (QED) is 0.161. The van der Waals surface area contributed by atoms with E-state index >= 15 is 0 Å². The highest BCUT2D eigenvalue weighted by Crippen LogP contribution is 2.37. The van der Waals surface area contributed by atoms with Crippen molar-refractivity contribution < 1.29 is 31.1 Å². The molecule has 1 atom stereocenters. The van der Waals surface area contributed by atoms with E-state index in [1.165, 1.54) is 36.5 Å². The molecule has 0 bridgehead atoms. The van der Waals surface area contributed by atoms with E-state index in [0.29, 0.717) is 49.6 Å². The number of rotatable bonds is 14. The van der Waals surface area contributed by atoms with Gasteiger partial charge in [0.2, 0.25) is 10.0 Å². The summed E-state index contributed by atoms with van der Waals surface area (Å²) < 4.78 is 71.0. The van der Waals surface area contributed by atoms with Crippen molar-refractivity contribution in [1.29, 1.82) is 0 Å². The van der Waals surface area contributed by atoms with Crippen molar-refractivity contribution in [3.8, 4) is 0 Å². The molecule has 0 saturated carbocycles. The lowest BCUT2D eigenvalue weighted by Crippen LogP contribution is -2.42. The number of pyridine rings is 1. The molecule has 0 amide bonds. The van der Waals surface area contributed by atoms with Crippen LogP contribution >= 0.6 is 54.8 Å². The molecule has 268 valence electrons. The predicted molar refractivity (Wildman–Crippen MR) is 196 cm³/mol. The van der Waals surface area contributed by atoms with Crippen molar-refractivity contribution in [2.24, 2.45) is 11.8 Å². The van der Waals surface area contributed by atoms with Gasteiger partial charge in [-0.25, -0.2) is 26.2 Å². The Kier molecular flexibility index (Phi) is 13.2. The molecule has 0 spiro atoms. The van der Waals surface area contributed by atoms with Crippen LogP contribution in [0, 0.1) is 17.7 Å². The summed E-state index contributed by atoms with van der Waals surface area (Å²) in [7, 11) is -7.72. The number of thiophene rings is 1. The number of sulfonamides is 2. The molecule has 3 aromatic rings. The van der Waals surface area contributed by atoms with E-state index in [1.807, 2.05) is 0 Å². The van der Waals surface area contributed by atoms with Crippen molar-refractivity contribution in [3.63, 3.8) is 0 Å². The van der Waals surface area contributed by atoms with Gasteiger partial charge >= 0.3 is 5.97 Å². The van der Waals surface area contributed by atoms with Gasteiger partial charge in [-0.2, -0.15) is 9.03 Å². The summed E-state index contributed by atoms with van der Waals surface area (Å²) in [6.45, 7) is 2.65. The number of aliphatic carboxylic acids is 1. The van der Waals surface area contributed by atoms with Gasteiger partial charge in [0.05, 0.1) is 4.47 Å². The van der Waals surface area contributed by atoms with Crippen LogP contribution in [-0.4, -0.2) is 69.4 Å². The number of carboxylic acids is 1. The first-order chi connectivity index (χ1) is 23.2. The molecule has 0 aliphatic carbocycles. The van der Waals surface area contributed by atoms with Crippen LogP contribution in [-0.2, 0) is 31.3 Å². The lowest BCUT2D eigenvalue weighted by atomic mass is 9.88. The van der Waals surface area contributed by atoms with Crippen LogP contribution in [0.2, 0.25) is 4.34 Å². The average molecular weight is 885 g/mol. The molecule has 0 radical (unpaired) electrons. The number of aromatic nitrogens is 1. The molecule has 2 fully saturated rings. The summed E-state index contributed by atoms with van der Waals surface area (Å²) in [4.78, 5) is 18.2. The molecule has 2 saturated heterocycles. The monoisotopic (exact) mass is 882 g/mol. The summed E-state index contributed by atoms with van der Waals surface area (Å²) in [6, 6.07) is 6.80. The van der Waals surface area contributed by atoms with E-state index in [-0.39, 0.29) is 15.5 Å². The Labute approximate surface area is 312 Å². The van der Waals surface area contributed by atoms with Gasteiger partial charge in [0.15, 0.2) is 0 Å². The summed E-state index contributed by atoms with van der Waals surface area (Å²) in [6.07, 6.45) is 9.31. The summed E-state index contributed by atoms with van der Waals surface area (Å²) in [5.41, 5.74) is 0.482. The highest BCUT2D eigenvalue weighted by molar-refractivity contribution is 9.11. The van der Waals surface area contributed by atoms with Gasteiger partial charge < -0.3 is 10.0 Å².